The molecular formula is C12H17N3O. The van der Waals surface area contributed by atoms with Crippen LogP contribution in [-0.4, -0.2) is 18.0 Å². The van der Waals surface area contributed by atoms with Gasteiger partial charge >= 0.3 is 0 Å². The van der Waals surface area contributed by atoms with Gasteiger partial charge in [-0.05, 0) is 31.4 Å². The summed E-state index contributed by atoms with van der Waals surface area (Å²) in [6, 6.07) is 7.70. The second-order valence-corrected chi connectivity index (χ2v) is 4.26. The van der Waals surface area contributed by atoms with Crippen LogP contribution in [0.15, 0.2) is 24.3 Å². The minimum Gasteiger partial charge on any atom is -0.380 e. The standard InChI is InChI=1S/C12H17N3O/c13-9-5-3-7-11(9)15-10-6-2-1-4-8(10)12(14)16/h1-2,4,6,9,11,15H,3,5,7,13H2,(H2,14,16). The third-order valence-electron chi connectivity index (χ3n) is 3.10. The van der Waals surface area contributed by atoms with Crippen molar-refractivity contribution in [1.29, 1.82) is 0 Å². The van der Waals surface area contributed by atoms with E-state index >= 15 is 0 Å². The zero-order valence-electron chi connectivity index (χ0n) is 9.15. The van der Waals surface area contributed by atoms with E-state index in [0.717, 1.165) is 24.9 Å². The number of nitrogens with one attached hydrogen (secondary N) is 1. The van der Waals surface area contributed by atoms with Crippen molar-refractivity contribution in [3.8, 4) is 0 Å². The van der Waals surface area contributed by atoms with Crippen LogP contribution >= 0.6 is 0 Å². The van der Waals surface area contributed by atoms with Crippen molar-refractivity contribution in [2.45, 2.75) is 31.3 Å². The van der Waals surface area contributed by atoms with Gasteiger partial charge in [-0.15, -0.1) is 0 Å². The van der Waals surface area contributed by atoms with Gasteiger partial charge in [-0.2, -0.15) is 0 Å². The lowest BCUT2D eigenvalue weighted by Crippen LogP contribution is -2.35. The zero-order chi connectivity index (χ0) is 11.5. The van der Waals surface area contributed by atoms with Gasteiger partial charge < -0.3 is 16.8 Å². The Kier molecular flexibility index (Phi) is 3.10. The Morgan fingerprint density at radius 3 is 2.69 bits per heavy atom. The van der Waals surface area contributed by atoms with E-state index < -0.39 is 5.91 Å². The Labute approximate surface area is 95.0 Å². The van der Waals surface area contributed by atoms with E-state index in [2.05, 4.69) is 5.32 Å². The zero-order valence-corrected chi connectivity index (χ0v) is 9.15. The fourth-order valence-corrected chi connectivity index (χ4v) is 2.19. The van der Waals surface area contributed by atoms with Gasteiger partial charge in [-0.1, -0.05) is 12.1 Å². The predicted octanol–water partition coefficient (Wildman–Crippen LogP) is 1.08. The summed E-state index contributed by atoms with van der Waals surface area (Å²) in [5, 5.41) is 3.31. The van der Waals surface area contributed by atoms with Crippen molar-refractivity contribution in [2.75, 3.05) is 5.32 Å². The number of nitrogens with two attached hydrogens (primary N) is 2. The molecule has 2 rings (SSSR count). The average molecular weight is 219 g/mol. The summed E-state index contributed by atoms with van der Waals surface area (Å²) in [5.41, 5.74) is 12.6. The van der Waals surface area contributed by atoms with Gasteiger partial charge in [0.2, 0.25) is 0 Å². The van der Waals surface area contributed by atoms with Crippen molar-refractivity contribution in [2.24, 2.45) is 11.5 Å². The molecule has 1 fully saturated rings. The highest BCUT2D eigenvalue weighted by atomic mass is 16.1. The van der Waals surface area contributed by atoms with E-state index in [0.29, 0.717) is 5.56 Å². The number of carbonyl (C=O) groups is 1. The van der Waals surface area contributed by atoms with Gasteiger partial charge in [0.25, 0.3) is 5.91 Å². The summed E-state index contributed by atoms with van der Waals surface area (Å²) in [7, 11) is 0. The van der Waals surface area contributed by atoms with E-state index in [9.17, 15) is 4.79 Å². The van der Waals surface area contributed by atoms with Crippen LogP contribution in [0.4, 0.5) is 5.69 Å². The Morgan fingerprint density at radius 2 is 2.06 bits per heavy atom. The smallest absolute Gasteiger partial charge is 0.250 e. The van der Waals surface area contributed by atoms with Gasteiger partial charge in [0.1, 0.15) is 0 Å². The van der Waals surface area contributed by atoms with E-state index in [4.69, 9.17) is 11.5 Å². The molecule has 0 aliphatic heterocycles. The molecule has 86 valence electrons. The quantitative estimate of drug-likeness (QED) is 0.711. The third kappa shape index (κ3) is 2.17. The normalized spacial score (nSPS) is 24.3. The molecule has 1 aliphatic rings. The van der Waals surface area contributed by atoms with Crippen LogP contribution in [0.25, 0.3) is 0 Å². The number of amides is 1. The maximum absolute atomic E-state index is 11.2. The third-order valence-corrected chi connectivity index (χ3v) is 3.10. The number of primary amides is 1. The Bertz CT molecular complexity index is 392. The lowest BCUT2D eigenvalue weighted by Gasteiger charge is -2.20. The molecule has 4 heteroatoms. The number of hydrogen-bond donors (Lipinski definition) is 3. The minimum absolute atomic E-state index is 0.168. The highest BCUT2D eigenvalue weighted by molar-refractivity contribution is 5.98. The van der Waals surface area contributed by atoms with Crippen LogP contribution in [-0.2, 0) is 0 Å². The average Bonchev–Trinajstić information content (AvgIpc) is 2.65. The first-order chi connectivity index (χ1) is 7.68. The van der Waals surface area contributed by atoms with Crippen LogP contribution < -0.4 is 16.8 Å². The molecule has 5 N–H and O–H groups in total. The van der Waals surface area contributed by atoms with Crippen LogP contribution in [0.5, 0.6) is 0 Å². The maximum Gasteiger partial charge on any atom is 0.250 e. The summed E-state index contributed by atoms with van der Waals surface area (Å²) >= 11 is 0. The second-order valence-electron chi connectivity index (χ2n) is 4.26. The van der Waals surface area contributed by atoms with Crippen LogP contribution in [0, 0.1) is 0 Å². The lowest BCUT2D eigenvalue weighted by atomic mass is 10.1. The summed E-state index contributed by atoms with van der Waals surface area (Å²) in [4.78, 5) is 11.2. The molecule has 1 aliphatic carbocycles. The topological polar surface area (TPSA) is 81.1 Å². The molecule has 1 amide bonds. The molecule has 0 heterocycles. The molecule has 0 spiro atoms. The van der Waals surface area contributed by atoms with Gasteiger partial charge in [0.15, 0.2) is 0 Å². The van der Waals surface area contributed by atoms with E-state index in [-0.39, 0.29) is 12.1 Å². The molecule has 0 radical (unpaired) electrons. The molecule has 0 saturated heterocycles. The van der Waals surface area contributed by atoms with Crippen molar-refractivity contribution >= 4 is 11.6 Å². The molecule has 1 aromatic carbocycles. The molecule has 1 aromatic rings. The number of para-hydroxylation sites is 1. The molecule has 16 heavy (non-hydrogen) atoms. The number of carbonyl (C=O) groups excluding carboxylic acids is 1. The Hall–Kier alpha value is -1.55. The highest BCUT2D eigenvalue weighted by Gasteiger charge is 2.24. The van der Waals surface area contributed by atoms with Crippen molar-refractivity contribution in [3.05, 3.63) is 29.8 Å². The van der Waals surface area contributed by atoms with Gasteiger partial charge in [-0.3, -0.25) is 4.79 Å². The van der Waals surface area contributed by atoms with Crippen molar-refractivity contribution in [3.63, 3.8) is 0 Å². The Morgan fingerprint density at radius 1 is 1.31 bits per heavy atom. The van der Waals surface area contributed by atoms with Crippen molar-refractivity contribution in [1.82, 2.24) is 0 Å². The first-order valence-electron chi connectivity index (χ1n) is 5.59. The van der Waals surface area contributed by atoms with Gasteiger partial charge in [-0.25, -0.2) is 0 Å². The molecule has 2 atom stereocenters. The molecule has 0 aromatic heterocycles. The fraction of sp³-hybridized carbons (Fsp3) is 0.417. The number of benzene rings is 1. The summed E-state index contributed by atoms with van der Waals surface area (Å²) < 4.78 is 0. The second kappa shape index (κ2) is 4.53. The molecule has 2 unspecified atom stereocenters. The van der Waals surface area contributed by atoms with Gasteiger partial charge in [0, 0.05) is 17.8 Å². The van der Waals surface area contributed by atoms with E-state index in [1.807, 2.05) is 12.1 Å². The first-order valence-corrected chi connectivity index (χ1v) is 5.59. The van der Waals surface area contributed by atoms with Crippen molar-refractivity contribution < 1.29 is 4.79 Å². The predicted molar refractivity (Wildman–Crippen MR) is 64.2 cm³/mol. The minimum atomic E-state index is -0.408. The first kappa shape index (κ1) is 11.0. The van der Waals surface area contributed by atoms with Gasteiger partial charge in [0.05, 0.1) is 5.56 Å². The van der Waals surface area contributed by atoms with Crippen LogP contribution in [0.1, 0.15) is 29.6 Å². The lowest BCUT2D eigenvalue weighted by molar-refractivity contribution is 0.100. The molecule has 1 saturated carbocycles. The molecular weight excluding hydrogens is 202 g/mol. The van der Waals surface area contributed by atoms with Crippen LogP contribution in [0.2, 0.25) is 0 Å². The fourth-order valence-electron chi connectivity index (χ4n) is 2.19. The van der Waals surface area contributed by atoms with E-state index in [1.54, 1.807) is 12.1 Å². The summed E-state index contributed by atoms with van der Waals surface area (Å²) in [6.45, 7) is 0. The maximum atomic E-state index is 11.2. The van der Waals surface area contributed by atoms with Crippen LogP contribution in [0.3, 0.4) is 0 Å². The largest absolute Gasteiger partial charge is 0.380 e. The SMILES string of the molecule is NC(=O)c1ccccc1NC1CCCC1N. The summed E-state index contributed by atoms with van der Waals surface area (Å²) in [6.07, 6.45) is 3.22. The number of hydrogen-bond acceptors (Lipinski definition) is 3. The Balaban J connectivity index is 2.17. The molecule has 4 nitrogen and oxygen atoms in total. The number of anilines is 1. The highest BCUT2D eigenvalue weighted by Crippen LogP contribution is 2.23. The summed E-state index contributed by atoms with van der Waals surface area (Å²) in [5.74, 6) is -0.408. The molecule has 0 bridgehead atoms. The van der Waals surface area contributed by atoms with E-state index in [1.165, 1.54) is 0 Å². The number of rotatable bonds is 3. The monoisotopic (exact) mass is 219 g/mol.